The zero-order chi connectivity index (χ0) is 15.2. The third-order valence-electron chi connectivity index (χ3n) is 2.68. The minimum atomic E-state index is -1.08. The van der Waals surface area contributed by atoms with E-state index in [1.54, 1.807) is 6.92 Å². The predicted octanol–water partition coefficient (Wildman–Crippen LogP) is -1.49. The number of H-pyrrole nitrogens is 2. The highest BCUT2D eigenvalue weighted by Gasteiger charge is 2.20. The first-order valence-corrected chi connectivity index (χ1v) is 6.13. The average molecular weight is 285 g/mol. The summed E-state index contributed by atoms with van der Waals surface area (Å²) in [5, 5.41) is 12.5. The summed E-state index contributed by atoms with van der Waals surface area (Å²) in [5.41, 5.74) is -2.09. The van der Waals surface area contributed by atoms with Gasteiger partial charge in [0.25, 0.3) is 5.56 Å². The molecule has 1 atom stereocenters. The van der Waals surface area contributed by atoms with Crippen molar-refractivity contribution in [2.45, 2.75) is 25.4 Å². The van der Waals surface area contributed by atoms with Gasteiger partial charge in [-0.3, -0.25) is 14.6 Å². The molecular weight excluding hydrogens is 266 g/mol. The quantitative estimate of drug-likeness (QED) is 0.486. The standard InChI is InChI=1S/C12H19N3O5/c1-12(19,3-4-20-2)7-13-9(16)5-8-6-10(17)15-11(18)14-8/h6,19H,3-5,7H2,1-2H3,(H,13,16)(H2,14,15,17,18). The van der Waals surface area contributed by atoms with Crippen LogP contribution < -0.4 is 16.6 Å². The van der Waals surface area contributed by atoms with Gasteiger partial charge in [-0.2, -0.15) is 0 Å². The van der Waals surface area contributed by atoms with Gasteiger partial charge in [-0.15, -0.1) is 0 Å². The Balaban J connectivity index is 2.51. The molecule has 1 heterocycles. The number of amides is 1. The number of aromatic amines is 2. The van der Waals surface area contributed by atoms with Crippen LogP contribution in [0.5, 0.6) is 0 Å². The van der Waals surface area contributed by atoms with Gasteiger partial charge in [0.1, 0.15) is 0 Å². The SMILES string of the molecule is COCCC(C)(O)CNC(=O)Cc1cc(=O)[nH]c(=O)[nH]1. The van der Waals surface area contributed by atoms with Crippen LogP contribution in [0.25, 0.3) is 0 Å². The van der Waals surface area contributed by atoms with Gasteiger partial charge in [-0.25, -0.2) is 4.79 Å². The first-order chi connectivity index (χ1) is 9.32. The summed E-state index contributed by atoms with van der Waals surface area (Å²) >= 11 is 0. The normalized spacial score (nSPS) is 13.8. The number of carbonyl (C=O) groups excluding carboxylic acids is 1. The molecule has 112 valence electrons. The molecular formula is C12H19N3O5. The van der Waals surface area contributed by atoms with E-state index in [-0.39, 0.29) is 18.7 Å². The van der Waals surface area contributed by atoms with Crippen LogP contribution in [0.15, 0.2) is 15.7 Å². The van der Waals surface area contributed by atoms with Crippen LogP contribution in [0.1, 0.15) is 19.0 Å². The van der Waals surface area contributed by atoms with Crippen molar-refractivity contribution in [2.24, 2.45) is 0 Å². The molecule has 0 fully saturated rings. The molecule has 0 spiro atoms. The maximum Gasteiger partial charge on any atom is 0.325 e. The van der Waals surface area contributed by atoms with E-state index in [9.17, 15) is 19.5 Å². The van der Waals surface area contributed by atoms with E-state index in [0.717, 1.165) is 6.07 Å². The molecule has 8 heteroatoms. The van der Waals surface area contributed by atoms with E-state index in [1.165, 1.54) is 7.11 Å². The molecule has 0 aliphatic rings. The predicted molar refractivity (Wildman–Crippen MR) is 71.5 cm³/mol. The van der Waals surface area contributed by atoms with Gasteiger partial charge in [-0.05, 0) is 6.92 Å². The molecule has 1 aromatic rings. The number of hydrogen-bond donors (Lipinski definition) is 4. The van der Waals surface area contributed by atoms with E-state index in [0.29, 0.717) is 13.0 Å². The van der Waals surface area contributed by atoms with Crippen molar-refractivity contribution in [3.63, 3.8) is 0 Å². The summed E-state index contributed by atoms with van der Waals surface area (Å²) in [6.07, 6.45) is 0.241. The summed E-state index contributed by atoms with van der Waals surface area (Å²) < 4.78 is 4.86. The molecule has 1 aromatic heterocycles. The number of nitrogens with one attached hydrogen (secondary N) is 3. The van der Waals surface area contributed by atoms with E-state index >= 15 is 0 Å². The van der Waals surface area contributed by atoms with Crippen LogP contribution in [0.3, 0.4) is 0 Å². The fourth-order valence-electron chi connectivity index (χ4n) is 1.55. The Labute approximate surface area is 115 Å². The second-order valence-corrected chi connectivity index (χ2v) is 4.81. The Morgan fingerprint density at radius 2 is 2.15 bits per heavy atom. The highest BCUT2D eigenvalue weighted by atomic mass is 16.5. The average Bonchev–Trinajstić information content (AvgIpc) is 2.33. The molecule has 8 nitrogen and oxygen atoms in total. The smallest absolute Gasteiger partial charge is 0.325 e. The van der Waals surface area contributed by atoms with E-state index in [1.807, 2.05) is 4.98 Å². The summed E-state index contributed by atoms with van der Waals surface area (Å²) in [5.74, 6) is -0.399. The number of rotatable bonds is 7. The van der Waals surface area contributed by atoms with Crippen LogP contribution in [0.4, 0.5) is 0 Å². The summed E-state index contributed by atoms with van der Waals surface area (Å²) in [6, 6.07) is 1.14. The van der Waals surface area contributed by atoms with Crippen molar-refractivity contribution >= 4 is 5.91 Å². The zero-order valence-corrected chi connectivity index (χ0v) is 11.5. The number of hydrogen-bond acceptors (Lipinski definition) is 5. The lowest BCUT2D eigenvalue weighted by molar-refractivity contribution is -0.121. The van der Waals surface area contributed by atoms with Crippen molar-refractivity contribution < 1.29 is 14.6 Å². The van der Waals surface area contributed by atoms with Crippen molar-refractivity contribution in [3.8, 4) is 0 Å². The number of aromatic nitrogens is 2. The van der Waals surface area contributed by atoms with Gasteiger partial charge in [-0.1, -0.05) is 0 Å². The monoisotopic (exact) mass is 285 g/mol. The molecule has 0 bridgehead atoms. The summed E-state index contributed by atoms with van der Waals surface area (Å²) in [6.45, 7) is 2.02. The molecule has 1 unspecified atom stereocenters. The van der Waals surface area contributed by atoms with Crippen LogP contribution in [0, 0.1) is 0 Å². The van der Waals surface area contributed by atoms with Gasteiger partial charge >= 0.3 is 5.69 Å². The highest BCUT2D eigenvalue weighted by molar-refractivity contribution is 5.78. The van der Waals surface area contributed by atoms with Crippen LogP contribution in [0.2, 0.25) is 0 Å². The number of aliphatic hydroxyl groups is 1. The molecule has 0 aliphatic carbocycles. The lowest BCUT2D eigenvalue weighted by atomic mass is 10.0. The third kappa shape index (κ3) is 5.81. The minimum Gasteiger partial charge on any atom is -0.388 e. The molecule has 1 amide bonds. The fourth-order valence-corrected chi connectivity index (χ4v) is 1.55. The first kappa shape index (κ1) is 16.1. The Bertz CT molecular complexity index is 532. The third-order valence-corrected chi connectivity index (χ3v) is 2.68. The van der Waals surface area contributed by atoms with Gasteiger partial charge in [0.15, 0.2) is 0 Å². The lowest BCUT2D eigenvalue weighted by Gasteiger charge is -2.23. The fraction of sp³-hybridized carbons (Fsp3) is 0.583. The molecule has 1 rings (SSSR count). The minimum absolute atomic E-state index is 0.0582. The Morgan fingerprint density at radius 1 is 1.45 bits per heavy atom. The van der Waals surface area contributed by atoms with Crippen LogP contribution in [-0.4, -0.2) is 46.8 Å². The second-order valence-electron chi connectivity index (χ2n) is 4.81. The number of carbonyl (C=O) groups is 1. The summed E-state index contributed by atoms with van der Waals surface area (Å²) in [7, 11) is 1.53. The van der Waals surface area contributed by atoms with Crippen LogP contribution >= 0.6 is 0 Å². The molecule has 0 aliphatic heterocycles. The molecule has 20 heavy (non-hydrogen) atoms. The molecule has 0 saturated heterocycles. The topological polar surface area (TPSA) is 124 Å². The largest absolute Gasteiger partial charge is 0.388 e. The summed E-state index contributed by atoms with van der Waals surface area (Å²) in [4.78, 5) is 38.1. The first-order valence-electron chi connectivity index (χ1n) is 6.13. The van der Waals surface area contributed by atoms with Gasteiger partial charge in [0, 0.05) is 38.4 Å². The lowest BCUT2D eigenvalue weighted by Crippen LogP contribution is -2.42. The molecule has 4 N–H and O–H groups in total. The van der Waals surface area contributed by atoms with Crippen molar-refractivity contribution in [1.29, 1.82) is 0 Å². The Kier molecular flexibility index (Phi) is 5.66. The van der Waals surface area contributed by atoms with Gasteiger partial charge < -0.3 is 20.1 Å². The molecule has 0 saturated carbocycles. The van der Waals surface area contributed by atoms with E-state index in [4.69, 9.17) is 4.74 Å². The second kappa shape index (κ2) is 7.01. The van der Waals surface area contributed by atoms with E-state index in [2.05, 4.69) is 10.3 Å². The van der Waals surface area contributed by atoms with Crippen LogP contribution in [-0.2, 0) is 16.0 Å². The van der Waals surface area contributed by atoms with Gasteiger partial charge in [0.2, 0.25) is 5.91 Å². The van der Waals surface area contributed by atoms with E-state index < -0.39 is 22.8 Å². The zero-order valence-electron chi connectivity index (χ0n) is 11.5. The number of methoxy groups -OCH3 is 1. The Morgan fingerprint density at radius 3 is 2.75 bits per heavy atom. The maximum atomic E-state index is 11.7. The van der Waals surface area contributed by atoms with Crippen molar-refractivity contribution in [2.75, 3.05) is 20.3 Å². The van der Waals surface area contributed by atoms with Gasteiger partial charge in [0.05, 0.1) is 12.0 Å². The Hall–Kier alpha value is -1.93. The highest BCUT2D eigenvalue weighted by Crippen LogP contribution is 2.07. The molecule has 0 radical (unpaired) electrons. The number of ether oxygens (including phenoxy) is 1. The molecule has 0 aromatic carbocycles. The maximum absolute atomic E-state index is 11.7. The van der Waals surface area contributed by atoms with Crippen molar-refractivity contribution in [3.05, 3.63) is 32.6 Å². The van der Waals surface area contributed by atoms with Crippen molar-refractivity contribution in [1.82, 2.24) is 15.3 Å².